The van der Waals surface area contributed by atoms with E-state index in [1.807, 2.05) is 0 Å². The van der Waals surface area contributed by atoms with Crippen molar-refractivity contribution in [1.29, 1.82) is 0 Å². The molecule has 2 aromatic rings. The third-order valence-electron chi connectivity index (χ3n) is 3.43. The number of hydrogen-bond donors (Lipinski definition) is 1. The number of hydrazine groups is 2. The normalized spacial score (nSPS) is 12.3. The Labute approximate surface area is 169 Å². The van der Waals surface area contributed by atoms with Gasteiger partial charge in [-0.3, -0.25) is 25.7 Å². The van der Waals surface area contributed by atoms with Gasteiger partial charge in [-0.1, -0.05) is 0 Å². The van der Waals surface area contributed by atoms with Crippen molar-refractivity contribution in [3.63, 3.8) is 0 Å². The molecule has 1 heterocycles. The Morgan fingerprint density at radius 2 is 1.65 bits per heavy atom. The molecule has 1 N–H and O–H groups in total. The van der Waals surface area contributed by atoms with Gasteiger partial charge in [0.15, 0.2) is 5.75 Å². The number of nitrogens with one attached hydrogen (secondary N) is 1. The third kappa shape index (κ3) is 3.69. The predicted molar refractivity (Wildman–Crippen MR) is 89.3 cm³/mol. The Morgan fingerprint density at radius 1 is 1.04 bits per heavy atom. The zero-order valence-corrected chi connectivity index (χ0v) is 15.9. The van der Waals surface area contributed by atoms with Crippen molar-refractivity contribution in [3.05, 3.63) is 62.7 Å². The van der Waals surface area contributed by atoms with Crippen LogP contribution in [0.15, 0.2) is 47.6 Å². The Hall–Kier alpha value is -2.89. The second-order valence-corrected chi connectivity index (χ2v) is 4.86. The molecule has 2 aromatic carbocycles. The molecule has 0 spiro atoms. The molecule has 0 fully saturated rings. The summed E-state index contributed by atoms with van der Waals surface area (Å²) in [6.07, 6.45) is 1.41. The van der Waals surface area contributed by atoms with Gasteiger partial charge in [0.2, 0.25) is 0 Å². The number of nitro groups is 2. The zero-order valence-electron chi connectivity index (χ0n) is 13.9. The molecule has 0 saturated heterocycles. The van der Waals surface area contributed by atoms with Crippen molar-refractivity contribution in [2.45, 2.75) is 0 Å². The van der Waals surface area contributed by atoms with Gasteiger partial charge in [-0.05, 0) is 18.2 Å². The fourth-order valence-corrected chi connectivity index (χ4v) is 2.26. The molecule has 0 radical (unpaired) electrons. The van der Waals surface area contributed by atoms with Crippen molar-refractivity contribution in [1.82, 2.24) is 5.43 Å². The topological polar surface area (TPSA) is 126 Å². The number of non-ortho nitro benzene ring substituents is 2. The molecular formula is C14H12N6NaO5+. The maximum Gasteiger partial charge on any atom is 1.00 e. The summed E-state index contributed by atoms with van der Waals surface area (Å²) in [5, 5.41) is 28.7. The van der Waals surface area contributed by atoms with Crippen molar-refractivity contribution in [2.75, 3.05) is 17.3 Å². The Balaban J connectivity index is 0.00000243. The van der Waals surface area contributed by atoms with E-state index in [-0.39, 0.29) is 46.7 Å². The van der Waals surface area contributed by atoms with E-state index >= 15 is 0 Å². The zero-order chi connectivity index (χ0) is 18.0. The van der Waals surface area contributed by atoms with E-state index in [0.717, 1.165) is 0 Å². The van der Waals surface area contributed by atoms with E-state index in [9.17, 15) is 20.2 Å². The number of hydrogen-bond acceptors (Lipinski definition) is 9. The summed E-state index contributed by atoms with van der Waals surface area (Å²) < 4.78 is 5.23. The van der Waals surface area contributed by atoms with E-state index in [1.54, 1.807) is 0 Å². The molecule has 0 aliphatic carbocycles. The standard InChI is InChI=1S/C14H12N6O5.Na/c1-25-14-8-12(20(23)24)6-7-13(14)18-16-9-15-17(18)10-2-4-11(5-3-10)19(21)22;/h2-9H,1H3,(H,15,16);/q;+1. The number of rotatable bonds is 5. The Bertz CT molecular complexity index is 859. The van der Waals surface area contributed by atoms with Crippen molar-refractivity contribution in [3.8, 4) is 5.75 Å². The molecule has 0 bridgehead atoms. The van der Waals surface area contributed by atoms with Crippen molar-refractivity contribution >= 4 is 29.1 Å². The fourth-order valence-electron chi connectivity index (χ4n) is 2.26. The average molecular weight is 367 g/mol. The Morgan fingerprint density at radius 3 is 2.23 bits per heavy atom. The van der Waals surface area contributed by atoms with Gasteiger partial charge < -0.3 is 4.74 Å². The first-order valence-electron chi connectivity index (χ1n) is 6.97. The van der Waals surface area contributed by atoms with Crippen LogP contribution in [-0.4, -0.2) is 23.3 Å². The summed E-state index contributed by atoms with van der Waals surface area (Å²) in [4.78, 5) is 20.6. The molecule has 0 saturated carbocycles. The first kappa shape index (κ1) is 19.4. The minimum Gasteiger partial charge on any atom is -0.494 e. The van der Waals surface area contributed by atoms with E-state index in [1.165, 1.54) is 66.1 Å². The molecule has 1 aliphatic rings. The number of anilines is 2. The van der Waals surface area contributed by atoms with Gasteiger partial charge in [-0.2, -0.15) is 10.2 Å². The van der Waals surface area contributed by atoms with Crippen molar-refractivity contribution < 1.29 is 44.1 Å². The monoisotopic (exact) mass is 367 g/mol. The molecule has 26 heavy (non-hydrogen) atoms. The van der Waals surface area contributed by atoms with E-state index < -0.39 is 9.85 Å². The minimum absolute atomic E-state index is 0. The van der Waals surface area contributed by atoms with Crippen LogP contribution in [0.2, 0.25) is 0 Å². The number of hydrazone groups is 1. The van der Waals surface area contributed by atoms with E-state index in [4.69, 9.17) is 4.74 Å². The largest absolute Gasteiger partial charge is 1.00 e. The van der Waals surface area contributed by atoms with Crippen LogP contribution in [-0.2, 0) is 0 Å². The van der Waals surface area contributed by atoms with Gasteiger partial charge in [0.05, 0.1) is 28.7 Å². The maximum atomic E-state index is 10.9. The SMILES string of the molecule is COc1cc([N+](=O)[O-])ccc1N1NC=NN1c1ccc([N+](=O)[O-])cc1.[Na+]. The van der Waals surface area contributed by atoms with Gasteiger partial charge >= 0.3 is 29.6 Å². The van der Waals surface area contributed by atoms with Crippen LogP contribution in [0.25, 0.3) is 0 Å². The van der Waals surface area contributed by atoms with E-state index in [0.29, 0.717) is 11.4 Å². The van der Waals surface area contributed by atoms with Crippen LogP contribution >= 0.6 is 0 Å². The molecule has 128 valence electrons. The summed E-state index contributed by atoms with van der Waals surface area (Å²) in [5.74, 6) is 0.263. The molecule has 0 aromatic heterocycles. The summed E-state index contributed by atoms with van der Waals surface area (Å²) in [5.41, 5.74) is 3.74. The van der Waals surface area contributed by atoms with Gasteiger partial charge in [0.1, 0.15) is 12.0 Å². The number of benzene rings is 2. The van der Waals surface area contributed by atoms with Crippen LogP contribution in [0.5, 0.6) is 5.75 Å². The van der Waals surface area contributed by atoms with Crippen LogP contribution in [0.4, 0.5) is 22.7 Å². The molecule has 0 unspecified atom stereocenters. The molecule has 11 nitrogen and oxygen atoms in total. The minimum atomic E-state index is -0.520. The molecular weight excluding hydrogens is 355 g/mol. The number of nitrogens with zero attached hydrogens (tertiary/aromatic N) is 5. The number of methoxy groups -OCH3 is 1. The molecule has 1 aliphatic heterocycles. The average Bonchev–Trinajstić information content (AvgIpc) is 3.10. The summed E-state index contributed by atoms with van der Waals surface area (Å²) in [6, 6.07) is 9.93. The molecule has 0 amide bonds. The smallest absolute Gasteiger partial charge is 0.494 e. The first-order chi connectivity index (χ1) is 12.0. The van der Waals surface area contributed by atoms with Crippen LogP contribution in [0.1, 0.15) is 0 Å². The van der Waals surface area contributed by atoms with Crippen LogP contribution < -0.4 is 50.0 Å². The summed E-state index contributed by atoms with van der Waals surface area (Å²) >= 11 is 0. The van der Waals surface area contributed by atoms with Gasteiger partial charge in [0, 0.05) is 18.2 Å². The van der Waals surface area contributed by atoms with Crippen LogP contribution in [0, 0.1) is 20.2 Å². The van der Waals surface area contributed by atoms with Crippen LogP contribution in [0.3, 0.4) is 0 Å². The van der Waals surface area contributed by atoms with Gasteiger partial charge in [-0.15, -0.1) is 5.10 Å². The van der Waals surface area contributed by atoms with Gasteiger partial charge in [0.25, 0.3) is 11.4 Å². The van der Waals surface area contributed by atoms with Gasteiger partial charge in [-0.25, -0.2) is 0 Å². The summed E-state index contributed by atoms with van der Waals surface area (Å²) in [6.45, 7) is 0. The maximum absolute atomic E-state index is 10.9. The summed E-state index contributed by atoms with van der Waals surface area (Å²) in [7, 11) is 1.40. The first-order valence-corrected chi connectivity index (χ1v) is 6.97. The fraction of sp³-hybridized carbons (Fsp3) is 0.0714. The van der Waals surface area contributed by atoms with Crippen molar-refractivity contribution in [2.24, 2.45) is 5.10 Å². The predicted octanol–water partition coefficient (Wildman–Crippen LogP) is -0.795. The molecule has 0 atom stereocenters. The number of nitro benzene ring substituents is 2. The second kappa shape index (κ2) is 7.99. The quantitative estimate of drug-likeness (QED) is 0.414. The second-order valence-electron chi connectivity index (χ2n) is 4.86. The molecule has 3 rings (SSSR count). The number of ether oxygens (including phenoxy) is 1. The third-order valence-corrected chi connectivity index (χ3v) is 3.43. The van der Waals surface area contributed by atoms with E-state index in [2.05, 4.69) is 10.5 Å². The Kier molecular flexibility index (Phi) is 5.97. The molecule has 12 heteroatoms.